The number of aromatic nitrogens is 2. The third kappa shape index (κ3) is 4.24. The lowest BCUT2D eigenvalue weighted by Crippen LogP contribution is -2.32. The SMILES string of the molecule is NC(=O)C[C@H](NC(=O)c1cn[nH]c1C1CCOCC1)c1ccccc1. The number of ether oxygens (including phenoxy) is 1. The molecular weight excluding hydrogens is 320 g/mol. The quantitative estimate of drug-likeness (QED) is 0.741. The number of amides is 2. The third-order valence-electron chi connectivity index (χ3n) is 4.46. The van der Waals surface area contributed by atoms with E-state index in [1.54, 1.807) is 0 Å². The van der Waals surface area contributed by atoms with Gasteiger partial charge in [-0.25, -0.2) is 0 Å². The number of nitrogens with two attached hydrogens (primary N) is 1. The molecule has 4 N–H and O–H groups in total. The van der Waals surface area contributed by atoms with Crippen LogP contribution in [-0.2, 0) is 9.53 Å². The highest BCUT2D eigenvalue weighted by Crippen LogP contribution is 2.28. The van der Waals surface area contributed by atoms with Crippen molar-refractivity contribution in [1.82, 2.24) is 15.5 Å². The fraction of sp³-hybridized carbons (Fsp3) is 0.389. The monoisotopic (exact) mass is 342 g/mol. The maximum atomic E-state index is 12.8. The predicted octanol–water partition coefficient (Wildman–Crippen LogP) is 1.65. The second kappa shape index (κ2) is 7.94. The number of benzene rings is 1. The molecule has 1 aliphatic heterocycles. The number of hydrogen-bond donors (Lipinski definition) is 3. The van der Waals surface area contributed by atoms with Gasteiger partial charge in [0.15, 0.2) is 0 Å². The Morgan fingerprint density at radius 2 is 2.00 bits per heavy atom. The third-order valence-corrected chi connectivity index (χ3v) is 4.46. The Balaban J connectivity index is 1.78. The van der Waals surface area contributed by atoms with Crippen LogP contribution < -0.4 is 11.1 Å². The molecule has 7 heteroatoms. The van der Waals surface area contributed by atoms with Crippen LogP contribution in [-0.4, -0.2) is 35.2 Å². The lowest BCUT2D eigenvalue weighted by molar-refractivity contribution is -0.118. The molecule has 1 aromatic carbocycles. The smallest absolute Gasteiger partial charge is 0.255 e. The summed E-state index contributed by atoms with van der Waals surface area (Å²) in [5.41, 5.74) is 7.52. The Labute approximate surface area is 145 Å². The van der Waals surface area contributed by atoms with Crippen LogP contribution in [0.25, 0.3) is 0 Å². The summed E-state index contributed by atoms with van der Waals surface area (Å²) in [7, 11) is 0. The molecule has 1 atom stereocenters. The van der Waals surface area contributed by atoms with Crippen molar-refractivity contribution in [2.45, 2.75) is 31.2 Å². The van der Waals surface area contributed by atoms with Crippen LogP contribution in [0.2, 0.25) is 0 Å². The van der Waals surface area contributed by atoms with Gasteiger partial charge in [-0.2, -0.15) is 5.10 Å². The number of H-pyrrole nitrogens is 1. The van der Waals surface area contributed by atoms with Gasteiger partial charge in [0.1, 0.15) is 0 Å². The van der Waals surface area contributed by atoms with Crippen molar-refractivity contribution in [2.24, 2.45) is 5.73 Å². The second-order valence-electron chi connectivity index (χ2n) is 6.19. The first-order valence-electron chi connectivity index (χ1n) is 8.40. The number of carbonyl (C=O) groups excluding carboxylic acids is 2. The zero-order valence-electron chi connectivity index (χ0n) is 13.9. The minimum Gasteiger partial charge on any atom is -0.381 e. The van der Waals surface area contributed by atoms with E-state index >= 15 is 0 Å². The van der Waals surface area contributed by atoms with Gasteiger partial charge in [-0.05, 0) is 18.4 Å². The summed E-state index contributed by atoms with van der Waals surface area (Å²) in [5.74, 6) is -0.500. The Kier molecular flexibility index (Phi) is 5.45. The maximum Gasteiger partial charge on any atom is 0.255 e. The van der Waals surface area contributed by atoms with Crippen molar-refractivity contribution in [3.8, 4) is 0 Å². The van der Waals surface area contributed by atoms with Crippen LogP contribution in [0, 0.1) is 0 Å². The lowest BCUT2D eigenvalue weighted by Gasteiger charge is -2.22. The molecule has 25 heavy (non-hydrogen) atoms. The van der Waals surface area contributed by atoms with Crippen LogP contribution >= 0.6 is 0 Å². The van der Waals surface area contributed by atoms with E-state index in [0.29, 0.717) is 18.8 Å². The van der Waals surface area contributed by atoms with Crippen molar-refractivity contribution in [3.63, 3.8) is 0 Å². The van der Waals surface area contributed by atoms with Crippen LogP contribution in [0.4, 0.5) is 0 Å². The average molecular weight is 342 g/mol. The Morgan fingerprint density at radius 1 is 1.28 bits per heavy atom. The highest BCUT2D eigenvalue weighted by molar-refractivity contribution is 5.95. The van der Waals surface area contributed by atoms with Gasteiger partial charge in [0, 0.05) is 19.1 Å². The molecule has 3 rings (SSSR count). The van der Waals surface area contributed by atoms with Gasteiger partial charge in [-0.3, -0.25) is 14.7 Å². The molecule has 0 spiro atoms. The van der Waals surface area contributed by atoms with Gasteiger partial charge in [-0.15, -0.1) is 0 Å². The van der Waals surface area contributed by atoms with Crippen molar-refractivity contribution >= 4 is 11.8 Å². The van der Waals surface area contributed by atoms with Gasteiger partial charge in [0.25, 0.3) is 5.91 Å². The minimum absolute atomic E-state index is 0.0419. The van der Waals surface area contributed by atoms with Crippen LogP contribution in [0.5, 0.6) is 0 Å². The van der Waals surface area contributed by atoms with Crippen LogP contribution in [0.15, 0.2) is 36.5 Å². The van der Waals surface area contributed by atoms with E-state index in [4.69, 9.17) is 10.5 Å². The van der Waals surface area contributed by atoms with Gasteiger partial charge < -0.3 is 15.8 Å². The van der Waals surface area contributed by atoms with Crippen molar-refractivity contribution in [2.75, 3.05) is 13.2 Å². The number of rotatable bonds is 6. The van der Waals surface area contributed by atoms with Gasteiger partial charge in [0.05, 0.1) is 29.9 Å². The molecule has 1 aromatic heterocycles. The molecule has 0 aliphatic carbocycles. The standard InChI is InChI=1S/C18H22N4O3/c19-16(23)10-15(12-4-2-1-3-5-12)21-18(24)14-11-20-22-17(14)13-6-8-25-9-7-13/h1-5,11,13,15H,6-10H2,(H2,19,23)(H,20,22)(H,21,24)/t15-/m0/s1. The molecule has 7 nitrogen and oxygen atoms in total. The van der Waals surface area contributed by atoms with Crippen LogP contribution in [0.1, 0.15) is 52.8 Å². The average Bonchev–Trinajstić information content (AvgIpc) is 3.12. The summed E-state index contributed by atoms with van der Waals surface area (Å²) in [6.45, 7) is 1.36. The molecule has 1 saturated heterocycles. The highest BCUT2D eigenvalue weighted by atomic mass is 16.5. The van der Waals surface area contributed by atoms with Crippen molar-refractivity contribution in [1.29, 1.82) is 0 Å². The molecule has 1 fully saturated rings. The minimum atomic E-state index is -0.469. The molecule has 0 radical (unpaired) electrons. The largest absolute Gasteiger partial charge is 0.381 e. The summed E-state index contributed by atoms with van der Waals surface area (Å²) in [6.07, 6.45) is 3.28. The maximum absolute atomic E-state index is 12.8. The van der Waals surface area contributed by atoms with E-state index < -0.39 is 11.9 Å². The van der Waals surface area contributed by atoms with Gasteiger partial charge >= 0.3 is 0 Å². The number of hydrogen-bond acceptors (Lipinski definition) is 4. The summed E-state index contributed by atoms with van der Waals surface area (Å²) < 4.78 is 5.38. The Hall–Kier alpha value is -2.67. The normalized spacial score (nSPS) is 16.3. The number of aromatic amines is 1. The molecular formula is C18H22N4O3. The first-order valence-corrected chi connectivity index (χ1v) is 8.40. The van der Waals surface area contributed by atoms with Crippen molar-refractivity contribution in [3.05, 3.63) is 53.3 Å². The highest BCUT2D eigenvalue weighted by Gasteiger charge is 2.25. The topological polar surface area (TPSA) is 110 Å². The number of primary amides is 1. The summed E-state index contributed by atoms with van der Waals surface area (Å²) in [5, 5.41) is 9.91. The molecule has 2 heterocycles. The zero-order valence-corrected chi connectivity index (χ0v) is 13.9. The number of nitrogens with zero attached hydrogens (tertiary/aromatic N) is 1. The van der Waals surface area contributed by atoms with E-state index in [9.17, 15) is 9.59 Å². The molecule has 2 aromatic rings. The van der Waals surface area contributed by atoms with Gasteiger partial charge in [0.2, 0.25) is 5.91 Å². The Morgan fingerprint density at radius 3 is 2.68 bits per heavy atom. The molecule has 0 unspecified atom stereocenters. The van der Waals surface area contributed by atoms with E-state index in [-0.39, 0.29) is 18.2 Å². The summed E-state index contributed by atoms with van der Waals surface area (Å²) >= 11 is 0. The zero-order chi connectivity index (χ0) is 17.6. The molecule has 132 valence electrons. The van der Waals surface area contributed by atoms with E-state index in [1.165, 1.54) is 6.20 Å². The fourth-order valence-corrected chi connectivity index (χ4v) is 3.15. The summed E-state index contributed by atoms with van der Waals surface area (Å²) in [4.78, 5) is 24.2. The summed E-state index contributed by atoms with van der Waals surface area (Å²) in [6, 6.07) is 8.86. The van der Waals surface area contributed by atoms with E-state index in [2.05, 4.69) is 15.5 Å². The molecule has 0 bridgehead atoms. The Bertz CT molecular complexity index is 723. The number of carbonyl (C=O) groups is 2. The molecule has 2 amide bonds. The lowest BCUT2D eigenvalue weighted by atomic mass is 9.93. The first-order chi connectivity index (χ1) is 12.1. The van der Waals surface area contributed by atoms with Crippen LogP contribution in [0.3, 0.4) is 0 Å². The first kappa shape index (κ1) is 17.2. The van der Waals surface area contributed by atoms with E-state index in [1.807, 2.05) is 30.3 Å². The number of nitrogens with one attached hydrogen (secondary N) is 2. The molecule has 1 aliphatic rings. The van der Waals surface area contributed by atoms with Gasteiger partial charge in [-0.1, -0.05) is 30.3 Å². The predicted molar refractivity (Wildman–Crippen MR) is 91.8 cm³/mol. The fourth-order valence-electron chi connectivity index (χ4n) is 3.15. The van der Waals surface area contributed by atoms with E-state index in [0.717, 1.165) is 24.1 Å². The second-order valence-corrected chi connectivity index (χ2v) is 6.19. The van der Waals surface area contributed by atoms with Crippen molar-refractivity contribution < 1.29 is 14.3 Å². The molecule has 0 saturated carbocycles.